The summed E-state index contributed by atoms with van der Waals surface area (Å²) in [5, 5.41) is 0.720. The summed E-state index contributed by atoms with van der Waals surface area (Å²) in [6.07, 6.45) is 4.17. The number of ketones is 1. The van der Waals surface area contributed by atoms with Crippen LogP contribution in [0.15, 0.2) is 41.5 Å². The second-order valence-electron chi connectivity index (χ2n) is 6.15. The van der Waals surface area contributed by atoms with Gasteiger partial charge in [-0.1, -0.05) is 43.7 Å². The van der Waals surface area contributed by atoms with Crippen LogP contribution in [0.1, 0.15) is 26.3 Å². The zero-order chi connectivity index (χ0) is 13.8. The summed E-state index contributed by atoms with van der Waals surface area (Å²) in [5.74, 6) is 1.09. The van der Waals surface area contributed by atoms with E-state index in [0.717, 1.165) is 21.7 Å². The van der Waals surface area contributed by atoms with E-state index in [1.54, 1.807) is 0 Å². The van der Waals surface area contributed by atoms with Gasteiger partial charge in [-0.3, -0.25) is 4.79 Å². The highest BCUT2D eigenvalue weighted by atomic mass is 35.5. The van der Waals surface area contributed by atoms with Crippen LogP contribution >= 0.6 is 11.6 Å². The van der Waals surface area contributed by atoms with Gasteiger partial charge in [0.2, 0.25) is 0 Å². The number of carbonyl (C=O) groups excluding carboxylic acids is 1. The summed E-state index contributed by atoms with van der Waals surface area (Å²) < 4.78 is 0. The highest BCUT2D eigenvalue weighted by Gasteiger charge is 2.60. The van der Waals surface area contributed by atoms with E-state index < -0.39 is 0 Å². The summed E-state index contributed by atoms with van der Waals surface area (Å²) in [6, 6.07) is 7.64. The van der Waals surface area contributed by atoms with Gasteiger partial charge in [-0.2, -0.15) is 0 Å². The highest BCUT2D eigenvalue weighted by Crippen LogP contribution is 2.65. The summed E-state index contributed by atoms with van der Waals surface area (Å²) >= 11 is 5.89. The molecule has 2 aliphatic carbocycles. The molecule has 2 aliphatic rings. The van der Waals surface area contributed by atoms with Gasteiger partial charge in [0, 0.05) is 16.5 Å². The standard InChI is InChI=1S/C17H17ClO/c1-10-8-14-15(17(14,2)3)13(16(10)19)9-11-4-6-12(18)7-5-11/h4-9,14-15H,1-3H3. The van der Waals surface area contributed by atoms with Crippen molar-refractivity contribution < 1.29 is 4.79 Å². The second-order valence-corrected chi connectivity index (χ2v) is 6.59. The molecule has 0 spiro atoms. The predicted octanol–water partition coefficient (Wildman–Crippen LogP) is 4.52. The Morgan fingerprint density at radius 1 is 1.21 bits per heavy atom. The molecule has 1 nitrogen and oxygen atoms in total. The molecule has 1 aromatic rings. The molecule has 1 aromatic carbocycles. The molecule has 0 saturated heterocycles. The van der Waals surface area contributed by atoms with E-state index in [-0.39, 0.29) is 11.2 Å². The first-order chi connectivity index (χ1) is 8.91. The molecule has 3 rings (SSSR count). The molecular weight excluding hydrogens is 256 g/mol. The molecule has 19 heavy (non-hydrogen) atoms. The van der Waals surface area contributed by atoms with Gasteiger partial charge in [-0.05, 0) is 47.6 Å². The van der Waals surface area contributed by atoms with Gasteiger partial charge in [-0.25, -0.2) is 0 Å². The van der Waals surface area contributed by atoms with Crippen LogP contribution in [0.25, 0.3) is 6.08 Å². The molecule has 2 unspecified atom stereocenters. The van der Waals surface area contributed by atoms with Gasteiger partial charge in [0.05, 0.1) is 0 Å². The molecule has 0 heterocycles. The van der Waals surface area contributed by atoms with Crippen LogP contribution in [0.4, 0.5) is 0 Å². The van der Waals surface area contributed by atoms with E-state index in [4.69, 9.17) is 11.6 Å². The van der Waals surface area contributed by atoms with Crippen molar-refractivity contribution in [1.29, 1.82) is 0 Å². The third-order valence-corrected chi connectivity index (χ3v) is 4.74. The molecule has 98 valence electrons. The Balaban J connectivity index is 2.02. The molecule has 0 amide bonds. The molecule has 0 bridgehead atoms. The number of fused-ring (bicyclic) bond motifs is 1. The fourth-order valence-electron chi connectivity index (χ4n) is 3.19. The van der Waals surface area contributed by atoms with Crippen LogP contribution in [-0.4, -0.2) is 5.78 Å². The van der Waals surface area contributed by atoms with Crippen LogP contribution in [0, 0.1) is 17.3 Å². The van der Waals surface area contributed by atoms with E-state index in [1.165, 1.54) is 0 Å². The molecule has 0 N–H and O–H groups in total. The number of halogens is 1. The Hall–Kier alpha value is -1.34. The van der Waals surface area contributed by atoms with Crippen LogP contribution < -0.4 is 0 Å². The number of carbonyl (C=O) groups is 1. The van der Waals surface area contributed by atoms with E-state index in [9.17, 15) is 4.79 Å². The van der Waals surface area contributed by atoms with Crippen molar-refractivity contribution in [2.45, 2.75) is 20.8 Å². The molecule has 0 aliphatic heterocycles. The molecule has 0 radical (unpaired) electrons. The number of hydrogen-bond donors (Lipinski definition) is 0. The number of hydrogen-bond acceptors (Lipinski definition) is 1. The average Bonchev–Trinajstić information content (AvgIpc) is 2.89. The molecule has 2 atom stereocenters. The first-order valence-electron chi connectivity index (χ1n) is 6.61. The minimum Gasteiger partial charge on any atom is -0.289 e. The molecule has 0 aromatic heterocycles. The summed E-state index contributed by atoms with van der Waals surface area (Å²) in [6.45, 7) is 6.39. The maximum Gasteiger partial charge on any atom is 0.184 e. The Labute approximate surface area is 119 Å². The van der Waals surface area contributed by atoms with Gasteiger partial charge < -0.3 is 0 Å². The number of rotatable bonds is 1. The van der Waals surface area contributed by atoms with Crippen molar-refractivity contribution in [3.8, 4) is 0 Å². The monoisotopic (exact) mass is 272 g/mol. The van der Waals surface area contributed by atoms with Gasteiger partial charge in [0.1, 0.15) is 0 Å². The normalized spacial score (nSPS) is 30.0. The Kier molecular flexibility index (Phi) is 2.72. The first-order valence-corrected chi connectivity index (χ1v) is 6.99. The van der Waals surface area contributed by atoms with Crippen molar-refractivity contribution in [3.05, 3.63) is 52.1 Å². The number of benzene rings is 1. The average molecular weight is 273 g/mol. The zero-order valence-corrected chi connectivity index (χ0v) is 12.2. The maximum absolute atomic E-state index is 12.4. The van der Waals surface area contributed by atoms with Crippen molar-refractivity contribution in [3.63, 3.8) is 0 Å². The lowest BCUT2D eigenvalue weighted by Gasteiger charge is -2.11. The third-order valence-electron chi connectivity index (χ3n) is 4.49. The molecule has 1 fully saturated rings. The molecular formula is C17H17ClO. The maximum atomic E-state index is 12.4. The van der Waals surface area contributed by atoms with Crippen molar-refractivity contribution in [2.75, 3.05) is 0 Å². The Bertz CT molecular complexity index is 605. The highest BCUT2D eigenvalue weighted by molar-refractivity contribution is 6.30. The SMILES string of the molecule is CC1=CC2C(C(=Cc3ccc(Cl)cc3)C1=O)C2(C)C. The number of Topliss-reactive ketones (excluding diaryl/α,β-unsaturated/α-hetero) is 1. The minimum absolute atomic E-state index is 0.196. The van der Waals surface area contributed by atoms with Crippen molar-refractivity contribution >= 4 is 23.5 Å². The Morgan fingerprint density at radius 2 is 1.84 bits per heavy atom. The van der Waals surface area contributed by atoms with Gasteiger partial charge in [-0.15, -0.1) is 0 Å². The third kappa shape index (κ3) is 1.97. The second kappa shape index (κ2) is 4.08. The largest absolute Gasteiger partial charge is 0.289 e. The van der Waals surface area contributed by atoms with E-state index in [1.807, 2.05) is 37.3 Å². The lowest BCUT2D eigenvalue weighted by atomic mass is 9.91. The van der Waals surface area contributed by atoms with Crippen LogP contribution in [0.3, 0.4) is 0 Å². The first kappa shape index (κ1) is 12.7. The fourth-order valence-corrected chi connectivity index (χ4v) is 3.32. The number of allylic oxidation sites excluding steroid dienone is 3. The molecule has 2 heteroatoms. The van der Waals surface area contributed by atoms with Gasteiger partial charge in [0.25, 0.3) is 0 Å². The quantitative estimate of drug-likeness (QED) is 0.687. The minimum atomic E-state index is 0.196. The zero-order valence-electron chi connectivity index (χ0n) is 11.4. The summed E-state index contributed by atoms with van der Waals surface area (Å²) in [5.41, 5.74) is 3.10. The van der Waals surface area contributed by atoms with Crippen LogP contribution in [0.2, 0.25) is 5.02 Å². The van der Waals surface area contributed by atoms with Crippen LogP contribution in [-0.2, 0) is 4.79 Å². The van der Waals surface area contributed by atoms with E-state index in [0.29, 0.717) is 11.8 Å². The lowest BCUT2D eigenvalue weighted by Crippen LogP contribution is -2.11. The lowest BCUT2D eigenvalue weighted by molar-refractivity contribution is -0.112. The van der Waals surface area contributed by atoms with Crippen molar-refractivity contribution in [1.82, 2.24) is 0 Å². The van der Waals surface area contributed by atoms with Gasteiger partial charge >= 0.3 is 0 Å². The van der Waals surface area contributed by atoms with Gasteiger partial charge in [0.15, 0.2) is 5.78 Å². The molecule has 1 saturated carbocycles. The topological polar surface area (TPSA) is 17.1 Å². The van der Waals surface area contributed by atoms with E-state index in [2.05, 4.69) is 19.9 Å². The summed E-state index contributed by atoms with van der Waals surface area (Å²) in [7, 11) is 0. The fraction of sp³-hybridized carbons (Fsp3) is 0.353. The summed E-state index contributed by atoms with van der Waals surface area (Å²) in [4.78, 5) is 12.4. The smallest absolute Gasteiger partial charge is 0.184 e. The predicted molar refractivity (Wildman–Crippen MR) is 79.0 cm³/mol. The van der Waals surface area contributed by atoms with Crippen LogP contribution in [0.5, 0.6) is 0 Å². The Morgan fingerprint density at radius 3 is 2.47 bits per heavy atom. The van der Waals surface area contributed by atoms with Crippen molar-refractivity contribution in [2.24, 2.45) is 17.3 Å². The van der Waals surface area contributed by atoms with E-state index >= 15 is 0 Å².